The monoisotopic (exact) mass is 285 g/mol. The van der Waals surface area contributed by atoms with Crippen LogP contribution in [0, 0.1) is 0 Å². The molecule has 1 aromatic heterocycles. The molecule has 0 unspecified atom stereocenters. The highest BCUT2D eigenvalue weighted by atomic mass is 16.5. The fourth-order valence-electron chi connectivity index (χ4n) is 2.99. The first-order chi connectivity index (χ1) is 10.1. The van der Waals surface area contributed by atoms with Crippen LogP contribution in [0.25, 0.3) is 10.9 Å². The molecular weight excluding hydrogens is 262 g/mol. The molecule has 0 saturated carbocycles. The first-order valence-electron chi connectivity index (χ1n) is 7.50. The second-order valence-electron chi connectivity index (χ2n) is 6.20. The smallest absolute Gasteiger partial charge is 0.130 e. The molecule has 1 fully saturated rings. The number of fused-ring (bicyclic) bond motifs is 1. The molecule has 4 heteroatoms. The summed E-state index contributed by atoms with van der Waals surface area (Å²) in [4.78, 5) is 7.24. The Morgan fingerprint density at radius 2 is 2.14 bits per heavy atom. The van der Waals surface area contributed by atoms with Crippen molar-refractivity contribution < 1.29 is 4.74 Å². The summed E-state index contributed by atoms with van der Waals surface area (Å²) in [6, 6.07) is 10.6. The summed E-state index contributed by atoms with van der Waals surface area (Å²) in [6.45, 7) is 7.65. The molecule has 1 aromatic carbocycles. The number of anilines is 1. The van der Waals surface area contributed by atoms with Crippen LogP contribution in [0.4, 0.5) is 5.82 Å². The van der Waals surface area contributed by atoms with E-state index in [0.29, 0.717) is 0 Å². The topological polar surface area (TPSA) is 37.4 Å². The zero-order valence-corrected chi connectivity index (χ0v) is 13.0. The molecule has 0 aliphatic carbocycles. The molecule has 0 radical (unpaired) electrons. The van der Waals surface area contributed by atoms with E-state index >= 15 is 0 Å². The van der Waals surface area contributed by atoms with Gasteiger partial charge < -0.3 is 15.0 Å². The van der Waals surface area contributed by atoms with Crippen LogP contribution < -0.4 is 10.2 Å². The van der Waals surface area contributed by atoms with Crippen LogP contribution in [0.1, 0.15) is 19.4 Å². The maximum Gasteiger partial charge on any atom is 0.130 e. The summed E-state index contributed by atoms with van der Waals surface area (Å²) in [7, 11) is 1.98. The Morgan fingerprint density at radius 1 is 1.33 bits per heavy atom. The van der Waals surface area contributed by atoms with Gasteiger partial charge >= 0.3 is 0 Å². The Labute approximate surface area is 126 Å². The van der Waals surface area contributed by atoms with Gasteiger partial charge in [-0.25, -0.2) is 4.98 Å². The second-order valence-corrected chi connectivity index (χ2v) is 6.20. The highest BCUT2D eigenvalue weighted by Crippen LogP contribution is 2.29. The summed E-state index contributed by atoms with van der Waals surface area (Å²) in [5, 5.41) is 4.48. The molecule has 21 heavy (non-hydrogen) atoms. The van der Waals surface area contributed by atoms with Gasteiger partial charge in [0.1, 0.15) is 5.82 Å². The van der Waals surface area contributed by atoms with Gasteiger partial charge in [-0.3, -0.25) is 0 Å². The van der Waals surface area contributed by atoms with Gasteiger partial charge in [-0.05, 0) is 38.6 Å². The fraction of sp³-hybridized carbons (Fsp3) is 0.471. The molecule has 0 amide bonds. The zero-order valence-electron chi connectivity index (χ0n) is 13.0. The van der Waals surface area contributed by atoms with E-state index < -0.39 is 0 Å². The molecule has 1 aliphatic heterocycles. The van der Waals surface area contributed by atoms with Crippen LogP contribution in [0.2, 0.25) is 0 Å². The first kappa shape index (κ1) is 14.3. The van der Waals surface area contributed by atoms with E-state index in [1.165, 1.54) is 10.9 Å². The predicted molar refractivity (Wildman–Crippen MR) is 86.8 cm³/mol. The highest BCUT2D eigenvalue weighted by molar-refractivity contribution is 5.84. The van der Waals surface area contributed by atoms with Crippen molar-refractivity contribution in [2.45, 2.75) is 25.9 Å². The van der Waals surface area contributed by atoms with E-state index in [1.807, 2.05) is 13.1 Å². The van der Waals surface area contributed by atoms with Gasteiger partial charge in [0.25, 0.3) is 0 Å². The molecule has 1 aliphatic rings. The lowest BCUT2D eigenvalue weighted by Gasteiger charge is -2.43. The largest absolute Gasteiger partial charge is 0.377 e. The Balaban J connectivity index is 2.10. The van der Waals surface area contributed by atoms with E-state index in [-0.39, 0.29) is 5.54 Å². The van der Waals surface area contributed by atoms with Gasteiger partial charge in [-0.1, -0.05) is 18.2 Å². The van der Waals surface area contributed by atoms with Gasteiger partial charge in [-0.15, -0.1) is 0 Å². The van der Waals surface area contributed by atoms with Crippen LogP contribution in [-0.4, -0.2) is 37.3 Å². The van der Waals surface area contributed by atoms with Crippen molar-refractivity contribution >= 4 is 16.7 Å². The van der Waals surface area contributed by atoms with Crippen molar-refractivity contribution in [2.75, 3.05) is 31.7 Å². The number of hydrogen-bond acceptors (Lipinski definition) is 4. The molecule has 0 spiro atoms. The van der Waals surface area contributed by atoms with Crippen LogP contribution >= 0.6 is 0 Å². The molecule has 0 bridgehead atoms. The van der Waals surface area contributed by atoms with Gasteiger partial charge in [0.15, 0.2) is 0 Å². The van der Waals surface area contributed by atoms with Crippen LogP contribution in [0.15, 0.2) is 30.3 Å². The Hall–Kier alpha value is -1.65. The van der Waals surface area contributed by atoms with Crippen molar-refractivity contribution in [2.24, 2.45) is 0 Å². The third kappa shape index (κ3) is 2.74. The number of para-hydroxylation sites is 1. The molecule has 2 aromatic rings. The van der Waals surface area contributed by atoms with Crippen molar-refractivity contribution in [1.29, 1.82) is 0 Å². The van der Waals surface area contributed by atoms with E-state index in [0.717, 1.165) is 37.6 Å². The number of rotatable bonds is 3. The third-order valence-electron chi connectivity index (χ3n) is 4.08. The number of aromatic nitrogens is 1. The lowest BCUT2D eigenvalue weighted by Crippen LogP contribution is -2.53. The predicted octanol–water partition coefficient (Wildman–Crippen LogP) is 2.57. The summed E-state index contributed by atoms with van der Waals surface area (Å²) in [5.74, 6) is 1.05. The van der Waals surface area contributed by atoms with Gasteiger partial charge in [0, 0.05) is 18.5 Å². The zero-order chi connectivity index (χ0) is 14.9. The Kier molecular flexibility index (Phi) is 3.83. The molecule has 4 nitrogen and oxygen atoms in total. The normalized spacial score (nSPS) is 18.1. The van der Waals surface area contributed by atoms with Gasteiger partial charge in [0.2, 0.25) is 0 Å². The van der Waals surface area contributed by atoms with Crippen molar-refractivity contribution in [3.05, 3.63) is 35.9 Å². The quantitative estimate of drug-likeness (QED) is 0.940. The molecular formula is C17H23N3O. The number of pyridine rings is 1. The maximum atomic E-state index is 5.62. The summed E-state index contributed by atoms with van der Waals surface area (Å²) in [5.41, 5.74) is 2.33. The highest BCUT2D eigenvalue weighted by Gasteiger charge is 2.31. The third-order valence-corrected chi connectivity index (χ3v) is 4.08. The first-order valence-corrected chi connectivity index (χ1v) is 7.50. The van der Waals surface area contributed by atoms with Crippen molar-refractivity contribution in [1.82, 2.24) is 10.3 Å². The minimum Gasteiger partial charge on any atom is -0.377 e. The minimum atomic E-state index is -0.0232. The molecule has 112 valence electrons. The van der Waals surface area contributed by atoms with Crippen LogP contribution in [-0.2, 0) is 11.3 Å². The average molecular weight is 285 g/mol. The maximum absolute atomic E-state index is 5.62. The summed E-state index contributed by atoms with van der Waals surface area (Å²) >= 11 is 0. The Bertz CT molecular complexity index is 639. The molecule has 2 heterocycles. The molecule has 0 atom stereocenters. The number of morpholine rings is 1. The number of nitrogens with one attached hydrogen (secondary N) is 1. The molecule has 1 saturated heterocycles. The molecule has 3 rings (SSSR count). The number of nitrogens with zero attached hydrogens (tertiary/aromatic N) is 2. The van der Waals surface area contributed by atoms with Gasteiger partial charge in [-0.2, -0.15) is 0 Å². The van der Waals surface area contributed by atoms with Gasteiger partial charge in [0.05, 0.1) is 24.3 Å². The van der Waals surface area contributed by atoms with E-state index in [9.17, 15) is 0 Å². The summed E-state index contributed by atoms with van der Waals surface area (Å²) < 4.78 is 5.62. The number of ether oxygens (including phenoxy) is 1. The molecule has 1 N–H and O–H groups in total. The standard InChI is InChI=1S/C17H23N3O/c1-17(2)12-21-9-8-20(17)16-10-13(11-18-3)14-6-4-5-7-15(14)19-16/h4-7,10,18H,8-9,11-12H2,1-3H3. The second kappa shape index (κ2) is 5.62. The lowest BCUT2D eigenvalue weighted by molar-refractivity contribution is 0.0639. The number of benzene rings is 1. The van der Waals surface area contributed by atoms with Crippen molar-refractivity contribution in [3.63, 3.8) is 0 Å². The fourth-order valence-corrected chi connectivity index (χ4v) is 2.99. The number of hydrogen-bond donors (Lipinski definition) is 1. The van der Waals surface area contributed by atoms with Crippen molar-refractivity contribution in [3.8, 4) is 0 Å². The minimum absolute atomic E-state index is 0.0232. The average Bonchev–Trinajstić information content (AvgIpc) is 2.47. The Morgan fingerprint density at radius 3 is 2.90 bits per heavy atom. The SMILES string of the molecule is CNCc1cc(N2CCOCC2(C)C)nc2ccccc12. The lowest BCUT2D eigenvalue weighted by atomic mass is 10.0. The van der Waals surface area contributed by atoms with Crippen LogP contribution in [0.5, 0.6) is 0 Å². The van der Waals surface area contributed by atoms with Crippen LogP contribution in [0.3, 0.4) is 0 Å². The van der Waals surface area contributed by atoms with E-state index in [2.05, 4.69) is 48.3 Å². The van der Waals surface area contributed by atoms with E-state index in [1.54, 1.807) is 0 Å². The summed E-state index contributed by atoms with van der Waals surface area (Å²) in [6.07, 6.45) is 0. The van der Waals surface area contributed by atoms with E-state index in [4.69, 9.17) is 9.72 Å².